The minimum Gasteiger partial charge on any atom is -0.304 e. The summed E-state index contributed by atoms with van der Waals surface area (Å²) in [6.07, 6.45) is 1.94. The molecular weight excluding hydrogens is 252 g/mol. The Hall–Kier alpha value is -1.19. The van der Waals surface area contributed by atoms with Crippen LogP contribution < -0.4 is 5.32 Å². The summed E-state index contributed by atoms with van der Waals surface area (Å²) in [5.41, 5.74) is 5.48. The van der Waals surface area contributed by atoms with Crippen LogP contribution in [0.5, 0.6) is 0 Å². The van der Waals surface area contributed by atoms with Gasteiger partial charge in [0.1, 0.15) is 5.01 Å². The molecule has 0 fully saturated rings. The highest BCUT2D eigenvalue weighted by atomic mass is 32.1. The Balaban J connectivity index is 2.07. The summed E-state index contributed by atoms with van der Waals surface area (Å²) in [4.78, 5) is 5.71. The van der Waals surface area contributed by atoms with Crippen LogP contribution in [0.2, 0.25) is 0 Å². The molecular formula is C16H22N2S. The molecule has 2 rings (SSSR count). The molecule has 1 aromatic carbocycles. The minimum atomic E-state index is 0.304. The zero-order valence-electron chi connectivity index (χ0n) is 12.4. The summed E-state index contributed by atoms with van der Waals surface area (Å²) in [6.45, 7) is 11.7. The van der Waals surface area contributed by atoms with Gasteiger partial charge in [-0.25, -0.2) is 4.98 Å². The lowest BCUT2D eigenvalue weighted by Gasteiger charge is -2.15. The number of aryl methyl sites for hydroxylation is 4. The number of nitrogens with one attached hydrogen (secondary N) is 1. The molecule has 1 aromatic heterocycles. The fourth-order valence-corrected chi connectivity index (χ4v) is 3.20. The Bertz CT molecular complexity index is 549. The third kappa shape index (κ3) is 3.43. The molecule has 0 aliphatic rings. The molecule has 3 heteroatoms. The van der Waals surface area contributed by atoms with E-state index in [1.807, 2.05) is 6.20 Å². The van der Waals surface area contributed by atoms with Crippen molar-refractivity contribution in [1.82, 2.24) is 10.3 Å². The number of hydrogen-bond acceptors (Lipinski definition) is 3. The molecule has 2 nitrogen and oxygen atoms in total. The first-order chi connectivity index (χ1) is 8.97. The van der Waals surface area contributed by atoms with Crippen molar-refractivity contribution >= 4 is 11.3 Å². The quantitative estimate of drug-likeness (QED) is 0.902. The van der Waals surface area contributed by atoms with Crippen LogP contribution in [0.4, 0.5) is 0 Å². The van der Waals surface area contributed by atoms with E-state index in [4.69, 9.17) is 0 Å². The topological polar surface area (TPSA) is 24.9 Å². The van der Waals surface area contributed by atoms with Gasteiger partial charge in [0.25, 0.3) is 0 Å². The van der Waals surface area contributed by atoms with Gasteiger partial charge in [-0.05, 0) is 51.3 Å². The standard InChI is InChI=1S/C16H22N2S/c1-10-6-11(2)15(12(3)7-10)9-17-14(5)16-18-8-13(4)19-16/h6-8,14,17H,9H2,1-5H3. The van der Waals surface area contributed by atoms with Crippen LogP contribution in [0.3, 0.4) is 0 Å². The molecule has 0 aliphatic heterocycles. The van der Waals surface area contributed by atoms with Crippen molar-refractivity contribution in [3.05, 3.63) is 50.5 Å². The van der Waals surface area contributed by atoms with E-state index in [-0.39, 0.29) is 0 Å². The van der Waals surface area contributed by atoms with Crippen LogP contribution in [-0.4, -0.2) is 4.98 Å². The molecule has 0 saturated heterocycles. The highest BCUT2D eigenvalue weighted by Crippen LogP contribution is 2.21. The summed E-state index contributed by atoms with van der Waals surface area (Å²) >= 11 is 1.77. The molecule has 1 unspecified atom stereocenters. The van der Waals surface area contributed by atoms with Gasteiger partial charge in [-0.3, -0.25) is 0 Å². The molecule has 19 heavy (non-hydrogen) atoms. The van der Waals surface area contributed by atoms with Gasteiger partial charge in [0.15, 0.2) is 0 Å². The molecule has 0 amide bonds. The van der Waals surface area contributed by atoms with E-state index in [9.17, 15) is 0 Å². The Morgan fingerprint density at radius 2 is 1.79 bits per heavy atom. The molecule has 0 aliphatic carbocycles. The molecule has 0 radical (unpaired) electrons. The summed E-state index contributed by atoms with van der Waals surface area (Å²) in [5, 5.41) is 4.74. The van der Waals surface area contributed by atoms with Gasteiger partial charge in [0.05, 0.1) is 6.04 Å². The van der Waals surface area contributed by atoms with Gasteiger partial charge in [-0.2, -0.15) is 0 Å². The van der Waals surface area contributed by atoms with Crippen molar-refractivity contribution in [2.24, 2.45) is 0 Å². The Kier molecular flexibility index (Phi) is 4.38. The van der Waals surface area contributed by atoms with Crippen LogP contribution in [-0.2, 0) is 6.54 Å². The van der Waals surface area contributed by atoms with Gasteiger partial charge < -0.3 is 5.32 Å². The Morgan fingerprint density at radius 1 is 1.16 bits per heavy atom. The van der Waals surface area contributed by atoms with Gasteiger partial charge in [0.2, 0.25) is 0 Å². The molecule has 0 saturated carbocycles. The van der Waals surface area contributed by atoms with E-state index in [1.165, 1.54) is 32.1 Å². The smallest absolute Gasteiger partial charge is 0.109 e. The van der Waals surface area contributed by atoms with Crippen molar-refractivity contribution in [3.63, 3.8) is 0 Å². The summed E-state index contributed by atoms with van der Waals surface area (Å²) in [5.74, 6) is 0. The molecule has 2 aromatic rings. The second-order valence-corrected chi connectivity index (χ2v) is 6.56. The van der Waals surface area contributed by atoms with E-state index in [0.29, 0.717) is 6.04 Å². The molecule has 1 N–H and O–H groups in total. The van der Waals surface area contributed by atoms with Gasteiger partial charge in [-0.15, -0.1) is 11.3 Å². The van der Waals surface area contributed by atoms with Crippen molar-refractivity contribution in [2.75, 3.05) is 0 Å². The van der Waals surface area contributed by atoms with Crippen LogP contribution in [0.15, 0.2) is 18.3 Å². The number of hydrogen-bond donors (Lipinski definition) is 1. The van der Waals surface area contributed by atoms with Gasteiger partial charge in [0, 0.05) is 17.6 Å². The number of thiazole rings is 1. The van der Waals surface area contributed by atoms with E-state index in [0.717, 1.165) is 6.54 Å². The highest BCUT2D eigenvalue weighted by Gasteiger charge is 2.10. The first-order valence-corrected chi connectivity index (χ1v) is 7.51. The highest BCUT2D eigenvalue weighted by molar-refractivity contribution is 7.11. The second-order valence-electron chi connectivity index (χ2n) is 5.29. The third-order valence-electron chi connectivity index (χ3n) is 3.43. The van der Waals surface area contributed by atoms with Gasteiger partial charge in [-0.1, -0.05) is 17.7 Å². The van der Waals surface area contributed by atoms with E-state index < -0.39 is 0 Å². The van der Waals surface area contributed by atoms with Crippen LogP contribution in [0, 0.1) is 27.7 Å². The zero-order chi connectivity index (χ0) is 14.0. The number of benzene rings is 1. The zero-order valence-corrected chi connectivity index (χ0v) is 13.2. The number of aromatic nitrogens is 1. The van der Waals surface area contributed by atoms with Crippen LogP contribution in [0.25, 0.3) is 0 Å². The maximum absolute atomic E-state index is 4.44. The summed E-state index contributed by atoms with van der Waals surface area (Å²) in [7, 11) is 0. The fraction of sp³-hybridized carbons (Fsp3) is 0.438. The average Bonchev–Trinajstić information content (AvgIpc) is 2.74. The minimum absolute atomic E-state index is 0.304. The molecule has 1 atom stereocenters. The summed E-state index contributed by atoms with van der Waals surface area (Å²) in [6, 6.07) is 4.81. The lowest BCUT2D eigenvalue weighted by molar-refractivity contribution is 0.569. The van der Waals surface area contributed by atoms with Crippen molar-refractivity contribution in [2.45, 2.75) is 47.2 Å². The van der Waals surface area contributed by atoms with Crippen LogP contribution >= 0.6 is 11.3 Å². The largest absolute Gasteiger partial charge is 0.304 e. The number of rotatable bonds is 4. The molecule has 0 spiro atoms. The number of nitrogens with zero attached hydrogens (tertiary/aromatic N) is 1. The molecule has 0 bridgehead atoms. The normalized spacial score (nSPS) is 12.7. The predicted molar refractivity (Wildman–Crippen MR) is 82.8 cm³/mol. The maximum atomic E-state index is 4.44. The third-order valence-corrected chi connectivity index (χ3v) is 4.53. The van der Waals surface area contributed by atoms with Crippen molar-refractivity contribution in [3.8, 4) is 0 Å². The van der Waals surface area contributed by atoms with Crippen LogP contribution in [0.1, 0.15) is 45.1 Å². The lowest BCUT2D eigenvalue weighted by Crippen LogP contribution is -2.19. The first kappa shape index (κ1) is 14.2. The van der Waals surface area contributed by atoms with Gasteiger partial charge >= 0.3 is 0 Å². The average molecular weight is 274 g/mol. The lowest BCUT2D eigenvalue weighted by atomic mass is 10.00. The van der Waals surface area contributed by atoms with E-state index >= 15 is 0 Å². The SMILES string of the molecule is Cc1cc(C)c(CNC(C)c2ncc(C)s2)c(C)c1. The fourth-order valence-electron chi connectivity index (χ4n) is 2.40. The molecule has 1 heterocycles. The monoisotopic (exact) mass is 274 g/mol. The van der Waals surface area contributed by atoms with Crippen molar-refractivity contribution in [1.29, 1.82) is 0 Å². The molecule has 102 valence electrons. The first-order valence-electron chi connectivity index (χ1n) is 6.70. The van der Waals surface area contributed by atoms with E-state index in [1.54, 1.807) is 11.3 Å². The predicted octanol–water partition coefficient (Wildman–Crippen LogP) is 4.23. The maximum Gasteiger partial charge on any atom is 0.109 e. The Morgan fingerprint density at radius 3 is 2.32 bits per heavy atom. The van der Waals surface area contributed by atoms with E-state index in [2.05, 4.69) is 57.1 Å². The Labute approximate surface area is 119 Å². The summed E-state index contributed by atoms with van der Waals surface area (Å²) < 4.78 is 0. The second kappa shape index (κ2) is 5.85. The van der Waals surface area contributed by atoms with Crippen molar-refractivity contribution < 1.29 is 0 Å².